The quantitative estimate of drug-likeness (QED) is 0.0742. The fourth-order valence-electron chi connectivity index (χ4n) is 5.33. The predicted molar refractivity (Wildman–Crippen MR) is 205 cm³/mol. The highest BCUT2D eigenvalue weighted by atomic mass is 16.2. The molecule has 0 bridgehead atoms. The normalized spacial score (nSPS) is 10.6. The van der Waals surface area contributed by atoms with E-state index in [1.807, 2.05) is 72.8 Å². The van der Waals surface area contributed by atoms with Gasteiger partial charge in [-0.1, -0.05) is 79.7 Å². The lowest BCUT2D eigenvalue weighted by molar-refractivity contribution is -0.116. The molecule has 0 aliphatic heterocycles. The monoisotopic (exact) mass is 696 g/mol. The number of anilines is 2. The molecule has 0 saturated carbocycles. The van der Waals surface area contributed by atoms with E-state index in [1.54, 1.807) is 36.4 Å². The summed E-state index contributed by atoms with van der Waals surface area (Å²) >= 11 is 0. The summed E-state index contributed by atoms with van der Waals surface area (Å²) in [5, 5.41) is 14.4. The van der Waals surface area contributed by atoms with Crippen LogP contribution in [0, 0.1) is 0 Å². The molecule has 10 nitrogen and oxygen atoms in total. The number of urea groups is 1. The van der Waals surface area contributed by atoms with Crippen LogP contribution in [0.3, 0.4) is 0 Å². The minimum absolute atomic E-state index is 0.0736. The highest BCUT2D eigenvalue weighted by Gasteiger charge is 2.10. The Morgan fingerprint density at radius 2 is 0.885 bits per heavy atom. The Kier molecular flexibility index (Phi) is 13.3. The van der Waals surface area contributed by atoms with Crippen LogP contribution < -0.4 is 32.3 Å². The topological polar surface area (TPSA) is 154 Å². The van der Waals surface area contributed by atoms with E-state index in [-0.39, 0.29) is 23.8 Å². The van der Waals surface area contributed by atoms with Crippen LogP contribution >= 0.6 is 0 Å². The van der Waals surface area contributed by atoms with Crippen molar-refractivity contribution in [2.75, 3.05) is 10.6 Å². The number of carbonyl (C=O) groups excluding carboxylic acids is 4. The second-order valence-electron chi connectivity index (χ2n) is 12.4. The van der Waals surface area contributed by atoms with Crippen LogP contribution in [-0.2, 0) is 43.8 Å². The number of rotatable bonds is 15. The SMILES string of the molecule is CCc1ccc(CNC(=O)Nc2ccc(CNC(=O)c3ccc(C(=O)NCc4ccc(NC(=O)CCc5ccc(CN)cc5)cc4)cc3)cc2)cc1. The van der Waals surface area contributed by atoms with Gasteiger partial charge >= 0.3 is 6.03 Å². The van der Waals surface area contributed by atoms with E-state index in [2.05, 4.69) is 45.6 Å². The lowest BCUT2D eigenvalue weighted by Crippen LogP contribution is -2.28. The molecule has 7 N–H and O–H groups in total. The molecule has 0 aliphatic carbocycles. The minimum atomic E-state index is -0.299. The van der Waals surface area contributed by atoms with Crippen LogP contribution in [0.25, 0.3) is 0 Å². The Balaban J connectivity index is 0.995. The van der Waals surface area contributed by atoms with Gasteiger partial charge in [0, 0.05) is 55.1 Å². The number of benzene rings is 5. The number of nitrogens with two attached hydrogens (primary N) is 1. The largest absolute Gasteiger partial charge is 0.348 e. The molecule has 0 fully saturated rings. The molecule has 0 unspecified atom stereocenters. The van der Waals surface area contributed by atoms with E-state index >= 15 is 0 Å². The number of aryl methyl sites for hydroxylation is 2. The first kappa shape index (κ1) is 37.0. The summed E-state index contributed by atoms with van der Waals surface area (Å²) in [6, 6.07) is 36.8. The van der Waals surface area contributed by atoms with Crippen molar-refractivity contribution in [2.24, 2.45) is 5.73 Å². The molecule has 0 heterocycles. The van der Waals surface area contributed by atoms with Crippen LogP contribution in [-0.4, -0.2) is 23.8 Å². The van der Waals surface area contributed by atoms with Gasteiger partial charge in [0.25, 0.3) is 11.8 Å². The molecule has 266 valence electrons. The molecule has 0 atom stereocenters. The molecule has 5 aromatic carbocycles. The summed E-state index contributed by atoms with van der Waals surface area (Å²) in [5.41, 5.74) is 14.0. The Labute approximate surface area is 304 Å². The molecular weight excluding hydrogens is 652 g/mol. The molecule has 0 saturated heterocycles. The van der Waals surface area contributed by atoms with Gasteiger partial charge in [-0.2, -0.15) is 0 Å². The molecule has 0 aromatic heterocycles. The maximum Gasteiger partial charge on any atom is 0.319 e. The van der Waals surface area contributed by atoms with Gasteiger partial charge in [-0.25, -0.2) is 4.79 Å². The average Bonchev–Trinajstić information content (AvgIpc) is 3.19. The first-order chi connectivity index (χ1) is 25.3. The number of hydrogen-bond donors (Lipinski definition) is 6. The van der Waals surface area contributed by atoms with Crippen molar-refractivity contribution in [3.8, 4) is 0 Å². The molecule has 52 heavy (non-hydrogen) atoms. The Bertz CT molecular complexity index is 1800. The van der Waals surface area contributed by atoms with Gasteiger partial charge in [0.1, 0.15) is 0 Å². The fourth-order valence-corrected chi connectivity index (χ4v) is 5.33. The van der Waals surface area contributed by atoms with Crippen LogP contribution in [0.15, 0.2) is 121 Å². The summed E-state index contributed by atoms with van der Waals surface area (Å²) in [4.78, 5) is 50.2. The second-order valence-corrected chi connectivity index (χ2v) is 12.4. The molecule has 5 rings (SSSR count). The second kappa shape index (κ2) is 18.7. The van der Waals surface area contributed by atoms with Gasteiger partial charge in [0.05, 0.1) is 0 Å². The predicted octanol–water partition coefficient (Wildman–Crippen LogP) is 6.46. The van der Waals surface area contributed by atoms with E-state index in [1.165, 1.54) is 5.56 Å². The summed E-state index contributed by atoms with van der Waals surface area (Å²) < 4.78 is 0. The van der Waals surface area contributed by atoms with Crippen molar-refractivity contribution < 1.29 is 19.2 Å². The van der Waals surface area contributed by atoms with Crippen molar-refractivity contribution in [1.82, 2.24) is 16.0 Å². The van der Waals surface area contributed by atoms with Gasteiger partial charge in [-0.05, 0) is 94.8 Å². The molecule has 5 aromatic rings. The van der Waals surface area contributed by atoms with E-state index in [0.29, 0.717) is 61.5 Å². The summed E-state index contributed by atoms with van der Waals surface area (Å²) in [7, 11) is 0. The minimum Gasteiger partial charge on any atom is -0.348 e. The maximum absolute atomic E-state index is 12.8. The van der Waals surface area contributed by atoms with Crippen molar-refractivity contribution in [2.45, 2.75) is 52.4 Å². The third kappa shape index (κ3) is 11.4. The third-order valence-electron chi connectivity index (χ3n) is 8.55. The number of carbonyl (C=O) groups is 4. The lowest BCUT2D eigenvalue weighted by Gasteiger charge is -2.10. The standard InChI is InChI=1S/C42H44N6O4/c1-2-29-3-9-32(10-4-29)28-46-42(52)48-38-22-13-34(14-23-38)27-45-41(51)36-18-16-35(17-19-36)40(50)44-26-33-11-20-37(21-12-33)47-39(49)24-15-30-5-7-31(25-43)8-6-30/h3-14,16-23H,2,15,24-28,43H2,1H3,(H,44,50)(H,45,51)(H,47,49)(H2,46,48,52). The van der Waals surface area contributed by atoms with E-state index in [9.17, 15) is 19.2 Å². The van der Waals surface area contributed by atoms with Gasteiger partial charge in [0.15, 0.2) is 0 Å². The molecule has 0 radical (unpaired) electrons. The first-order valence-electron chi connectivity index (χ1n) is 17.3. The summed E-state index contributed by atoms with van der Waals surface area (Å²) in [6.07, 6.45) is 1.98. The van der Waals surface area contributed by atoms with E-state index in [4.69, 9.17) is 5.73 Å². The maximum atomic E-state index is 12.8. The van der Waals surface area contributed by atoms with Crippen LogP contribution in [0.1, 0.15) is 67.4 Å². The highest BCUT2D eigenvalue weighted by molar-refractivity contribution is 5.98. The van der Waals surface area contributed by atoms with Crippen molar-refractivity contribution in [1.29, 1.82) is 0 Å². The number of nitrogens with one attached hydrogen (secondary N) is 5. The van der Waals surface area contributed by atoms with Crippen LogP contribution in [0.4, 0.5) is 16.2 Å². The zero-order valence-electron chi connectivity index (χ0n) is 29.2. The average molecular weight is 697 g/mol. The molecule has 0 aliphatic rings. The van der Waals surface area contributed by atoms with E-state index in [0.717, 1.165) is 34.2 Å². The van der Waals surface area contributed by atoms with Crippen molar-refractivity contribution in [3.05, 3.63) is 166 Å². The third-order valence-corrected chi connectivity index (χ3v) is 8.55. The van der Waals surface area contributed by atoms with Gasteiger partial charge in [0.2, 0.25) is 5.91 Å². The summed E-state index contributed by atoms with van der Waals surface area (Å²) in [5.74, 6) is -0.610. The fraction of sp³-hybridized carbons (Fsp3) is 0.190. The van der Waals surface area contributed by atoms with Crippen molar-refractivity contribution >= 4 is 35.1 Å². The molecule has 5 amide bonds. The van der Waals surface area contributed by atoms with Crippen LogP contribution in [0.2, 0.25) is 0 Å². The van der Waals surface area contributed by atoms with Gasteiger partial charge in [-0.3, -0.25) is 14.4 Å². The zero-order chi connectivity index (χ0) is 36.7. The Hall–Kier alpha value is -6.26. The Morgan fingerprint density at radius 1 is 0.481 bits per heavy atom. The molecule has 10 heteroatoms. The van der Waals surface area contributed by atoms with Crippen molar-refractivity contribution in [3.63, 3.8) is 0 Å². The molecule has 0 spiro atoms. The highest BCUT2D eigenvalue weighted by Crippen LogP contribution is 2.14. The van der Waals surface area contributed by atoms with Gasteiger partial charge < -0.3 is 32.3 Å². The molecular formula is C42H44N6O4. The Morgan fingerprint density at radius 3 is 1.37 bits per heavy atom. The number of amides is 5. The first-order valence-corrected chi connectivity index (χ1v) is 17.3. The number of hydrogen-bond acceptors (Lipinski definition) is 5. The summed E-state index contributed by atoms with van der Waals surface area (Å²) in [6.45, 7) is 3.63. The van der Waals surface area contributed by atoms with Gasteiger partial charge in [-0.15, -0.1) is 0 Å². The lowest BCUT2D eigenvalue weighted by atomic mass is 10.1. The smallest absolute Gasteiger partial charge is 0.319 e. The van der Waals surface area contributed by atoms with E-state index < -0.39 is 0 Å². The van der Waals surface area contributed by atoms with Crippen LogP contribution in [0.5, 0.6) is 0 Å². The zero-order valence-corrected chi connectivity index (χ0v) is 29.2.